The van der Waals surface area contributed by atoms with Crippen molar-refractivity contribution in [3.05, 3.63) is 41.2 Å². The minimum atomic E-state index is -0.373. The van der Waals surface area contributed by atoms with Gasteiger partial charge in [-0.05, 0) is 50.8 Å². The molecule has 2 aromatic rings. The lowest BCUT2D eigenvalue weighted by atomic mass is 10.0. The van der Waals surface area contributed by atoms with Crippen LogP contribution in [0.15, 0.2) is 24.3 Å². The van der Waals surface area contributed by atoms with Gasteiger partial charge >= 0.3 is 5.97 Å². The Kier molecular flexibility index (Phi) is 6.15. The van der Waals surface area contributed by atoms with E-state index in [1.807, 2.05) is 15.6 Å². The van der Waals surface area contributed by atoms with E-state index in [1.165, 1.54) is 0 Å². The minimum absolute atomic E-state index is 0.0481. The molecule has 0 bridgehead atoms. The van der Waals surface area contributed by atoms with Crippen molar-refractivity contribution in [1.82, 2.24) is 14.7 Å². The number of benzene rings is 1. The Morgan fingerprint density at radius 2 is 1.81 bits per heavy atom. The van der Waals surface area contributed by atoms with E-state index in [9.17, 15) is 9.59 Å². The van der Waals surface area contributed by atoms with E-state index in [0.717, 1.165) is 31.4 Å². The largest absolute Gasteiger partial charge is 0.497 e. The van der Waals surface area contributed by atoms with Crippen molar-refractivity contribution in [1.29, 1.82) is 0 Å². The van der Waals surface area contributed by atoms with Crippen LogP contribution >= 0.6 is 0 Å². The summed E-state index contributed by atoms with van der Waals surface area (Å²) < 4.78 is 17.8. The number of aromatic nitrogens is 2. The Morgan fingerprint density at radius 1 is 1.06 bits per heavy atom. The predicted octanol–water partition coefficient (Wildman–Crippen LogP) is 3.43. The number of ether oxygens (including phenoxy) is 3. The molecule has 1 saturated carbocycles. The SMILES string of the molecule is CCOC(=O)c1cc(C2CC2)n(C2CCN(C(=O)c3ccc(OC)cc3OC)CC2)n1. The summed E-state index contributed by atoms with van der Waals surface area (Å²) in [4.78, 5) is 27.1. The summed E-state index contributed by atoms with van der Waals surface area (Å²) in [6.45, 7) is 3.37. The molecule has 1 amide bonds. The maximum Gasteiger partial charge on any atom is 0.358 e. The van der Waals surface area contributed by atoms with Crippen molar-refractivity contribution in [3.63, 3.8) is 0 Å². The molecule has 1 aromatic carbocycles. The van der Waals surface area contributed by atoms with Crippen LogP contribution in [0.5, 0.6) is 11.5 Å². The number of likely N-dealkylation sites (tertiary alicyclic amines) is 1. The molecule has 0 N–H and O–H groups in total. The summed E-state index contributed by atoms with van der Waals surface area (Å²) in [6.07, 6.45) is 3.83. The zero-order valence-corrected chi connectivity index (χ0v) is 18.3. The summed E-state index contributed by atoms with van der Waals surface area (Å²) >= 11 is 0. The van der Waals surface area contributed by atoms with Crippen molar-refractivity contribution < 1.29 is 23.8 Å². The smallest absolute Gasteiger partial charge is 0.358 e. The number of methoxy groups -OCH3 is 2. The molecular weight excluding hydrogens is 398 g/mol. The first-order valence-electron chi connectivity index (χ1n) is 10.8. The monoisotopic (exact) mass is 427 g/mol. The number of carbonyl (C=O) groups excluding carboxylic acids is 2. The number of nitrogens with zero attached hydrogens (tertiary/aromatic N) is 3. The van der Waals surface area contributed by atoms with Crippen molar-refractivity contribution in [3.8, 4) is 11.5 Å². The van der Waals surface area contributed by atoms with Gasteiger partial charge in [-0.2, -0.15) is 5.10 Å². The average Bonchev–Trinajstić information content (AvgIpc) is 3.56. The van der Waals surface area contributed by atoms with Crippen LogP contribution in [-0.2, 0) is 4.74 Å². The zero-order valence-electron chi connectivity index (χ0n) is 18.3. The van der Waals surface area contributed by atoms with Crippen LogP contribution in [0.1, 0.15) is 71.1 Å². The van der Waals surface area contributed by atoms with Crippen LogP contribution in [0.4, 0.5) is 0 Å². The van der Waals surface area contributed by atoms with Gasteiger partial charge in [-0.15, -0.1) is 0 Å². The summed E-state index contributed by atoms with van der Waals surface area (Å²) in [5.41, 5.74) is 2.03. The van der Waals surface area contributed by atoms with E-state index in [4.69, 9.17) is 14.2 Å². The Labute approximate surface area is 182 Å². The van der Waals surface area contributed by atoms with Gasteiger partial charge < -0.3 is 19.1 Å². The Morgan fingerprint density at radius 3 is 2.42 bits per heavy atom. The van der Waals surface area contributed by atoms with Crippen molar-refractivity contribution in [2.45, 2.75) is 44.6 Å². The second-order valence-corrected chi connectivity index (χ2v) is 7.98. The first-order valence-corrected chi connectivity index (χ1v) is 10.8. The van der Waals surface area contributed by atoms with Crippen molar-refractivity contribution in [2.75, 3.05) is 33.9 Å². The molecule has 166 valence electrons. The Bertz CT molecular complexity index is 958. The van der Waals surface area contributed by atoms with E-state index < -0.39 is 0 Å². The van der Waals surface area contributed by atoms with Gasteiger partial charge in [0.25, 0.3) is 5.91 Å². The molecule has 4 rings (SSSR count). The van der Waals surface area contributed by atoms with Gasteiger partial charge in [0.2, 0.25) is 0 Å². The van der Waals surface area contributed by atoms with E-state index in [-0.39, 0.29) is 17.9 Å². The third-order valence-corrected chi connectivity index (χ3v) is 5.98. The second kappa shape index (κ2) is 8.99. The maximum absolute atomic E-state index is 13.1. The molecule has 1 aliphatic carbocycles. The minimum Gasteiger partial charge on any atom is -0.497 e. The molecule has 8 nitrogen and oxygen atoms in total. The molecule has 1 saturated heterocycles. The van der Waals surface area contributed by atoms with Crippen LogP contribution in [0, 0.1) is 0 Å². The number of hydrogen-bond donors (Lipinski definition) is 0. The van der Waals surface area contributed by atoms with Gasteiger partial charge in [-0.1, -0.05) is 0 Å². The molecule has 0 unspecified atom stereocenters. The predicted molar refractivity (Wildman–Crippen MR) is 114 cm³/mol. The van der Waals surface area contributed by atoms with Crippen LogP contribution in [-0.4, -0.2) is 60.5 Å². The van der Waals surface area contributed by atoms with Gasteiger partial charge in [0.15, 0.2) is 5.69 Å². The normalized spacial score (nSPS) is 16.8. The molecule has 2 fully saturated rings. The summed E-state index contributed by atoms with van der Waals surface area (Å²) in [7, 11) is 3.13. The standard InChI is InChI=1S/C23H29N3O5/c1-4-31-23(28)19-14-20(15-5-6-15)26(24-19)16-9-11-25(12-10-16)22(27)18-8-7-17(29-2)13-21(18)30-3/h7-8,13-16H,4-6,9-12H2,1-3H3. The quantitative estimate of drug-likeness (QED) is 0.630. The molecule has 0 atom stereocenters. The molecule has 1 aliphatic heterocycles. The van der Waals surface area contributed by atoms with Crippen LogP contribution in [0.25, 0.3) is 0 Å². The lowest BCUT2D eigenvalue weighted by Gasteiger charge is -2.33. The molecule has 31 heavy (non-hydrogen) atoms. The fraction of sp³-hybridized carbons (Fsp3) is 0.522. The highest BCUT2D eigenvalue weighted by Gasteiger charge is 2.34. The van der Waals surface area contributed by atoms with E-state index in [0.29, 0.717) is 48.4 Å². The Hall–Kier alpha value is -3.03. The van der Waals surface area contributed by atoms with E-state index in [1.54, 1.807) is 39.3 Å². The summed E-state index contributed by atoms with van der Waals surface area (Å²) in [5.74, 6) is 1.21. The lowest BCUT2D eigenvalue weighted by Crippen LogP contribution is -2.39. The van der Waals surface area contributed by atoms with Crippen LogP contribution in [0.3, 0.4) is 0 Å². The summed E-state index contributed by atoms with van der Waals surface area (Å²) in [6, 6.07) is 7.29. The molecule has 1 aromatic heterocycles. The number of esters is 1. The Balaban J connectivity index is 1.47. The topological polar surface area (TPSA) is 82.9 Å². The highest BCUT2D eigenvalue weighted by molar-refractivity contribution is 5.97. The zero-order chi connectivity index (χ0) is 22.0. The maximum atomic E-state index is 13.1. The average molecular weight is 428 g/mol. The van der Waals surface area contributed by atoms with E-state index >= 15 is 0 Å². The lowest BCUT2D eigenvalue weighted by molar-refractivity contribution is 0.0517. The molecule has 2 heterocycles. The van der Waals surface area contributed by atoms with Crippen molar-refractivity contribution >= 4 is 11.9 Å². The fourth-order valence-corrected chi connectivity index (χ4v) is 4.15. The molecule has 0 spiro atoms. The number of rotatable bonds is 7. The van der Waals surface area contributed by atoms with Gasteiger partial charge in [0.05, 0.1) is 32.4 Å². The van der Waals surface area contributed by atoms with Crippen LogP contribution < -0.4 is 9.47 Å². The number of piperidine rings is 1. The molecule has 8 heteroatoms. The van der Waals surface area contributed by atoms with Crippen molar-refractivity contribution in [2.24, 2.45) is 0 Å². The van der Waals surface area contributed by atoms with E-state index in [2.05, 4.69) is 5.10 Å². The summed E-state index contributed by atoms with van der Waals surface area (Å²) in [5, 5.41) is 4.59. The third-order valence-electron chi connectivity index (χ3n) is 5.98. The fourth-order valence-electron chi connectivity index (χ4n) is 4.15. The van der Waals surface area contributed by atoms with Gasteiger partial charge in [-0.25, -0.2) is 4.79 Å². The van der Waals surface area contributed by atoms with Gasteiger partial charge in [0.1, 0.15) is 11.5 Å². The second-order valence-electron chi connectivity index (χ2n) is 7.98. The highest BCUT2D eigenvalue weighted by Crippen LogP contribution is 2.42. The first-order chi connectivity index (χ1) is 15.0. The number of amides is 1. The molecular formula is C23H29N3O5. The van der Waals surface area contributed by atoms with Gasteiger partial charge in [0, 0.05) is 30.8 Å². The number of carbonyl (C=O) groups is 2. The van der Waals surface area contributed by atoms with Gasteiger partial charge in [-0.3, -0.25) is 9.48 Å². The molecule has 2 aliphatic rings. The molecule has 0 radical (unpaired) electrons. The van der Waals surface area contributed by atoms with Crippen LogP contribution in [0.2, 0.25) is 0 Å². The highest BCUT2D eigenvalue weighted by atomic mass is 16.5. The first kappa shape index (κ1) is 21.2. The third kappa shape index (κ3) is 4.38. The number of hydrogen-bond acceptors (Lipinski definition) is 6.